The van der Waals surface area contributed by atoms with Crippen molar-refractivity contribution in [2.24, 2.45) is 0 Å². The normalized spacial score (nSPS) is 11.2. The van der Waals surface area contributed by atoms with E-state index in [1.165, 1.54) is 0 Å². The van der Waals surface area contributed by atoms with Crippen molar-refractivity contribution in [2.75, 3.05) is 7.11 Å². The molecule has 3 aromatic rings. The van der Waals surface area contributed by atoms with Crippen molar-refractivity contribution in [3.8, 4) is 5.75 Å². The third-order valence-corrected chi connectivity index (χ3v) is 3.31. The number of benzene rings is 1. The van der Waals surface area contributed by atoms with E-state index in [1.807, 2.05) is 24.3 Å². The monoisotopic (exact) mass is 346 g/mol. The van der Waals surface area contributed by atoms with Gasteiger partial charge in [-0.25, -0.2) is 8.88 Å². The number of carbonyl (C=O) groups is 1. The summed E-state index contributed by atoms with van der Waals surface area (Å²) in [6.07, 6.45) is -1.57. The average molecular weight is 347 g/mol. The number of nitrogens with zero attached hydrogens (tertiary/aromatic N) is 2. The Bertz CT molecular complexity index is 861. The summed E-state index contributed by atoms with van der Waals surface area (Å²) in [5.74, 6) is -1.99. The third kappa shape index (κ3) is 3.31. The number of pyridine rings is 1. The molecular weight excluding hydrogens is 337 g/mol. The number of aromatic nitrogens is 2. The standard InChI is InChI=1S/C12H9ClN2O.C2HF3O2/c1-16-11-4-2-3-9-8-5-6-14-7-10(8)15(13)12(9)11;3-2(4,5)1(6)7/h2-7H,1H3;(H,6,7). The molecule has 0 spiro atoms. The molecule has 0 atom stereocenters. The molecule has 0 amide bonds. The van der Waals surface area contributed by atoms with Crippen molar-refractivity contribution in [3.63, 3.8) is 0 Å². The van der Waals surface area contributed by atoms with Gasteiger partial charge in [0.1, 0.15) is 11.3 Å². The highest BCUT2D eigenvalue weighted by Gasteiger charge is 2.38. The lowest BCUT2D eigenvalue weighted by Crippen LogP contribution is -2.21. The van der Waals surface area contributed by atoms with Gasteiger partial charge in [0.05, 0.1) is 18.8 Å². The predicted octanol–water partition coefficient (Wildman–Crippen LogP) is 3.83. The van der Waals surface area contributed by atoms with Gasteiger partial charge in [-0.15, -0.1) is 0 Å². The van der Waals surface area contributed by atoms with Gasteiger partial charge in [-0.05, 0) is 12.1 Å². The number of rotatable bonds is 1. The number of carboxylic acids is 1. The van der Waals surface area contributed by atoms with Gasteiger partial charge in [-0.2, -0.15) is 13.2 Å². The number of hydrogen-bond donors (Lipinski definition) is 1. The second kappa shape index (κ2) is 6.33. The second-order valence-corrected chi connectivity index (χ2v) is 4.67. The van der Waals surface area contributed by atoms with Crippen molar-refractivity contribution in [2.45, 2.75) is 6.18 Å². The molecule has 0 saturated heterocycles. The molecule has 1 N–H and O–H groups in total. The number of hydrogen-bond acceptors (Lipinski definition) is 3. The number of alkyl halides is 3. The molecule has 0 radical (unpaired) electrons. The number of methoxy groups -OCH3 is 1. The maximum Gasteiger partial charge on any atom is 0.490 e. The Kier molecular flexibility index (Phi) is 4.65. The van der Waals surface area contributed by atoms with Gasteiger partial charge in [0, 0.05) is 28.7 Å². The zero-order valence-corrected chi connectivity index (χ0v) is 12.4. The maximum absolute atomic E-state index is 10.6. The summed E-state index contributed by atoms with van der Waals surface area (Å²) < 4.78 is 38.6. The van der Waals surface area contributed by atoms with Gasteiger partial charge in [0.25, 0.3) is 0 Å². The van der Waals surface area contributed by atoms with Crippen molar-refractivity contribution in [1.29, 1.82) is 0 Å². The molecular formula is C14H10ClF3N2O3. The Balaban J connectivity index is 0.000000236. The molecule has 2 aromatic heterocycles. The smallest absolute Gasteiger partial charge is 0.490 e. The van der Waals surface area contributed by atoms with Gasteiger partial charge in [0.15, 0.2) is 0 Å². The predicted molar refractivity (Wildman–Crippen MR) is 78.7 cm³/mol. The van der Waals surface area contributed by atoms with Gasteiger partial charge in [-0.3, -0.25) is 4.98 Å². The fourth-order valence-electron chi connectivity index (χ4n) is 2.00. The van der Waals surface area contributed by atoms with Crippen molar-refractivity contribution < 1.29 is 27.8 Å². The molecule has 122 valence electrons. The van der Waals surface area contributed by atoms with Crippen LogP contribution in [0.15, 0.2) is 36.7 Å². The summed E-state index contributed by atoms with van der Waals surface area (Å²) >= 11 is 6.27. The van der Waals surface area contributed by atoms with Crippen LogP contribution >= 0.6 is 11.8 Å². The molecule has 2 heterocycles. The highest BCUT2D eigenvalue weighted by atomic mass is 35.5. The summed E-state index contributed by atoms with van der Waals surface area (Å²) in [4.78, 5) is 13.0. The zero-order chi connectivity index (χ0) is 17.2. The Hall–Kier alpha value is -2.48. The molecule has 5 nitrogen and oxygen atoms in total. The Labute approximate surface area is 133 Å². The molecule has 0 fully saturated rings. The number of para-hydroxylation sites is 1. The first kappa shape index (κ1) is 16.9. The van der Waals surface area contributed by atoms with Gasteiger partial charge in [-0.1, -0.05) is 12.1 Å². The molecule has 0 aliphatic heterocycles. The molecule has 0 aliphatic rings. The van der Waals surface area contributed by atoms with Crippen LogP contribution in [0.4, 0.5) is 13.2 Å². The minimum absolute atomic E-state index is 0.767. The van der Waals surface area contributed by atoms with E-state index in [4.69, 9.17) is 26.4 Å². The topological polar surface area (TPSA) is 64.4 Å². The minimum atomic E-state index is -5.08. The van der Waals surface area contributed by atoms with E-state index in [2.05, 4.69) is 4.98 Å². The first-order valence-corrected chi connectivity index (χ1v) is 6.48. The lowest BCUT2D eigenvalue weighted by molar-refractivity contribution is -0.192. The summed E-state index contributed by atoms with van der Waals surface area (Å²) in [7, 11) is 1.64. The van der Waals surface area contributed by atoms with Crippen LogP contribution in [0.5, 0.6) is 5.75 Å². The highest BCUT2D eigenvalue weighted by Crippen LogP contribution is 2.34. The Morgan fingerprint density at radius 1 is 1.30 bits per heavy atom. The number of halogens is 4. The molecule has 0 unspecified atom stereocenters. The SMILES string of the molecule is COc1cccc2c3ccncc3n(Cl)c12.O=C(O)C(F)(F)F. The van der Waals surface area contributed by atoms with Crippen molar-refractivity contribution >= 4 is 39.6 Å². The fraction of sp³-hybridized carbons (Fsp3) is 0.143. The van der Waals surface area contributed by atoms with Crippen LogP contribution in [0.3, 0.4) is 0 Å². The minimum Gasteiger partial charge on any atom is -0.494 e. The lowest BCUT2D eigenvalue weighted by Gasteiger charge is -2.02. The molecule has 0 bridgehead atoms. The van der Waals surface area contributed by atoms with E-state index in [0.717, 1.165) is 27.6 Å². The third-order valence-electron chi connectivity index (χ3n) is 2.96. The van der Waals surface area contributed by atoms with E-state index in [9.17, 15) is 13.2 Å². The molecule has 23 heavy (non-hydrogen) atoms. The van der Waals surface area contributed by atoms with Crippen LogP contribution in [-0.4, -0.2) is 33.4 Å². The maximum atomic E-state index is 10.6. The first-order chi connectivity index (χ1) is 10.8. The van der Waals surface area contributed by atoms with Crippen LogP contribution < -0.4 is 4.74 Å². The number of fused-ring (bicyclic) bond motifs is 3. The summed E-state index contributed by atoms with van der Waals surface area (Å²) in [5, 5.41) is 9.28. The lowest BCUT2D eigenvalue weighted by atomic mass is 10.2. The summed E-state index contributed by atoms with van der Waals surface area (Å²) in [6, 6.07) is 7.83. The van der Waals surface area contributed by atoms with Gasteiger partial charge >= 0.3 is 12.1 Å². The fourth-order valence-corrected chi connectivity index (χ4v) is 2.31. The van der Waals surface area contributed by atoms with Gasteiger partial charge in [0.2, 0.25) is 0 Å². The van der Waals surface area contributed by atoms with Crippen molar-refractivity contribution in [1.82, 2.24) is 9.07 Å². The van der Waals surface area contributed by atoms with E-state index >= 15 is 0 Å². The van der Waals surface area contributed by atoms with Crippen LogP contribution in [0.2, 0.25) is 0 Å². The van der Waals surface area contributed by atoms with Crippen molar-refractivity contribution in [3.05, 3.63) is 36.7 Å². The van der Waals surface area contributed by atoms with E-state index < -0.39 is 12.1 Å². The van der Waals surface area contributed by atoms with E-state index in [-0.39, 0.29) is 0 Å². The highest BCUT2D eigenvalue weighted by molar-refractivity contribution is 6.27. The van der Waals surface area contributed by atoms with Gasteiger partial charge < -0.3 is 9.84 Å². The van der Waals surface area contributed by atoms with Crippen LogP contribution in [0.1, 0.15) is 0 Å². The van der Waals surface area contributed by atoms with Crippen LogP contribution in [0.25, 0.3) is 21.8 Å². The number of ether oxygens (including phenoxy) is 1. The number of carboxylic acid groups (broad SMARTS) is 1. The molecule has 0 aliphatic carbocycles. The quantitative estimate of drug-likeness (QED) is 0.727. The Morgan fingerprint density at radius 3 is 2.52 bits per heavy atom. The molecule has 0 saturated carbocycles. The first-order valence-electron chi connectivity index (χ1n) is 6.14. The Morgan fingerprint density at radius 2 is 1.96 bits per heavy atom. The summed E-state index contributed by atoms with van der Waals surface area (Å²) in [5.41, 5.74) is 1.78. The van der Waals surface area contributed by atoms with E-state index in [1.54, 1.807) is 23.6 Å². The molecule has 3 rings (SSSR count). The van der Waals surface area contributed by atoms with Crippen LogP contribution in [-0.2, 0) is 4.79 Å². The largest absolute Gasteiger partial charge is 0.494 e. The van der Waals surface area contributed by atoms with E-state index in [0.29, 0.717) is 0 Å². The summed E-state index contributed by atoms with van der Waals surface area (Å²) in [6.45, 7) is 0. The molecule has 9 heteroatoms. The molecule has 1 aromatic carbocycles. The zero-order valence-electron chi connectivity index (χ0n) is 11.6. The second-order valence-electron chi connectivity index (χ2n) is 4.33. The number of aliphatic carboxylic acids is 1. The average Bonchev–Trinajstić information content (AvgIpc) is 2.81. The van der Waals surface area contributed by atoms with Crippen LogP contribution in [0, 0.1) is 0 Å².